The Hall–Kier alpha value is -5.43. The first-order chi connectivity index (χ1) is 21.2. The Balaban J connectivity index is 1.06. The summed E-state index contributed by atoms with van der Waals surface area (Å²) in [6.45, 7) is 2.72. The summed E-state index contributed by atoms with van der Waals surface area (Å²) in [7, 11) is 0. The van der Waals surface area contributed by atoms with E-state index in [1.807, 2.05) is 88.7 Å². The minimum Gasteiger partial charge on any atom is -0.437 e. The molecule has 7 heteroatoms. The maximum absolute atomic E-state index is 13.1. The number of furan rings is 1. The molecule has 7 nitrogen and oxygen atoms in total. The number of anilines is 2. The first-order valence-corrected chi connectivity index (χ1v) is 14.6. The van der Waals surface area contributed by atoms with Crippen molar-refractivity contribution in [1.82, 2.24) is 14.9 Å². The fourth-order valence-electron chi connectivity index (χ4n) is 5.68. The van der Waals surface area contributed by atoms with E-state index in [1.165, 1.54) is 5.56 Å². The van der Waals surface area contributed by atoms with Gasteiger partial charge in [0.15, 0.2) is 0 Å². The molecule has 0 atom stereocenters. The van der Waals surface area contributed by atoms with E-state index in [0.717, 1.165) is 57.9 Å². The second kappa shape index (κ2) is 11.8. The van der Waals surface area contributed by atoms with Crippen LogP contribution in [0.4, 0.5) is 16.3 Å². The SMILES string of the molecule is O=C1N(Cc2ccccc2)CCN1c1ccc(CCNc2ncnc3oc(-c4ccccc4)c(-c4ccccc4)c23)cc1. The molecule has 1 saturated heterocycles. The summed E-state index contributed by atoms with van der Waals surface area (Å²) in [5.41, 5.74) is 6.81. The third-order valence-corrected chi connectivity index (χ3v) is 7.85. The predicted molar refractivity (Wildman–Crippen MR) is 171 cm³/mol. The monoisotopic (exact) mass is 565 g/mol. The van der Waals surface area contributed by atoms with E-state index < -0.39 is 0 Å². The number of rotatable bonds is 9. The topological polar surface area (TPSA) is 74.5 Å². The van der Waals surface area contributed by atoms with Gasteiger partial charge in [0, 0.05) is 43.0 Å². The average Bonchev–Trinajstić information content (AvgIpc) is 3.64. The second-order valence-electron chi connectivity index (χ2n) is 10.6. The summed E-state index contributed by atoms with van der Waals surface area (Å²) in [5.74, 6) is 1.52. The number of nitrogens with one attached hydrogen (secondary N) is 1. The molecule has 7 rings (SSSR count). The van der Waals surface area contributed by atoms with Crippen molar-refractivity contribution in [3.05, 3.63) is 133 Å². The molecule has 0 radical (unpaired) electrons. The van der Waals surface area contributed by atoms with E-state index in [0.29, 0.717) is 25.3 Å². The molecule has 1 N–H and O–H groups in total. The molecule has 1 aliphatic rings. The number of carbonyl (C=O) groups is 1. The minimum atomic E-state index is 0.0512. The highest BCUT2D eigenvalue weighted by Gasteiger charge is 2.29. The van der Waals surface area contributed by atoms with Crippen LogP contribution in [0.15, 0.2) is 126 Å². The molecule has 1 fully saturated rings. The van der Waals surface area contributed by atoms with Crippen LogP contribution >= 0.6 is 0 Å². The Kier molecular flexibility index (Phi) is 7.27. The van der Waals surface area contributed by atoms with Crippen LogP contribution in [-0.2, 0) is 13.0 Å². The Morgan fingerprint density at radius 2 is 1.40 bits per heavy atom. The number of urea groups is 1. The molecule has 0 saturated carbocycles. The summed E-state index contributed by atoms with van der Waals surface area (Å²) in [4.78, 5) is 25.9. The van der Waals surface area contributed by atoms with E-state index in [-0.39, 0.29) is 6.03 Å². The van der Waals surface area contributed by atoms with Gasteiger partial charge in [-0.15, -0.1) is 0 Å². The highest BCUT2D eigenvalue weighted by atomic mass is 16.3. The Morgan fingerprint density at radius 3 is 2.12 bits per heavy atom. The maximum Gasteiger partial charge on any atom is 0.324 e. The van der Waals surface area contributed by atoms with Crippen molar-refractivity contribution < 1.29 is 9.21 Å². The predicted octanol–water partition coefficient (Wildman–Crippen LogP) is 7.65. The third-order valence-electron chi connectivity index (χ3n) is 7.85. The lowest BCUT2D eigenvalue weighted by atomic mass is 9.99. The Morgan fingerprint density at radius 1 is 0.721 bits per heavy atom. The van der Waals surface area contributed by atoms with Gasteiger partial charge in [0.05, 0.1) is 5.39 Å². The van der Waals surface area contributed by atoms with Crippen LogP contribution in [0.25, 0.3) is 33.6 Å². The number of carbonyl (C=O) groups excluding carboxylic acids is 1. The van der Waals surface area contributed by atoms with Gasteiger partial charge in [-0.05, 0) is 35.2 Å². The molecule has 0 bridgehead atoms. The van der Waals surface area contributed by atoms with Crippen LogP contribution < -0.4 is 10.2 Å². The quantitative estimate of drug-likeness (QED) is 0.195. The number of nitrogens with zero attached hydrogens (tertiary/aromatic N) is 4. The summed E-state index contributed by atoms with van der Waals surface area (Å²) in [5, 5.41) is 4.41. The standard InChI is InChI=1S/C36H31N5O2/c42-36-40(24-27-10-4-1-5-11-27)22-23-41(36)30-18-16-26(17-19-30)20-21-37-34-32-31(28-12-6-2-7-13-28)33(29-14-8-3-9-15-29)43-35(32)39-25-38-34/h1-19,25H,20-24H2,(H,37,38,39). The van der Waals surface area contributed by atoms with Gasteiger partial charge >= 0.3 is 6.03 Å². The van der Waals surface area contributed by atoms with Gasteiger partial charge in [0.25, 0.3) is 0 Å². The van der Waals surface area contributed by atoms with Crippen molar-refractivity contribution in [3.8, 4) is 22.5 Å². The largest absolute Gasteiger partial charge is 0.437 e. The number of amides is 2. The number of hydrogen-bond donors (Lipinski definition) is 1. The highest BCUT2D eigenvalue weighted by Crippen LogP contribution is 2.42. The maximum atomic E-state index is 13.1. The van der Waals surface area contributed by atoms with Crippen LogP contribution in [0.2, 0.25) is 0 Å². The van der Waals surface area contributed by atoms with Crippen molar-refractivity contribution in [3.63, 3.8) is 0 Å². The number of fused-ring (bicyclic) bond motifs is 1. The highest BCUT2D eigenvalue weighted by molar-refractivity contribution is 6.05. The molecule has 4 aromatic carbocycles. The summed E-state index contributed by atoms with van der Waals surface area (Å²) >= 11 is 0. The first-order valence-electron chi connectivity index (χ1n) is 14.6. The lowest BCUT2D eigenvalue weighted by molar-refractivity contribution is 0.219. The van der Waals surface area contributed by atoms with E-state index >= 15 is 0 Å². The van der Waals surface area contributed by atoms with E-state index in [9.17, 15) is 4.79 Å². The minimum absolute atomic E-state index is 0.0512. The number of benzene rings is 4. The Bertz CT molecular complexity index is 1840. The molecule has 2 aromatic heterocycles. The average molecular weight is 566 g/mol. The van der Waals surface area contributed by atoms with Crippen LogP contribution in [0.5, 0.6) is 0 Å². The zero-order valence-electron chi connectivity index (χ0n) is 23.7. The lowest BCUT2D eigenvalue weighted by Crippen LogP contribution is -2.31. The summed E-state index contributed by atoms with van der Waals surface area (Å²) < 4.78 is 6.33. The van der Waals surface area contributed by atoms with Crippen LogP contribution in [-0.4, -0.2) is 40.5 Å². The number of hydrogen-bond acceptors (Lipinski definition) is 5. The van der Waals surface area contributed by atoms with Crippen LogP contribution in [0.1, 0.15) is 11.1 Å². The second-order valence-corrected chi connectivity index (χ2v) is 10.6. The van der Waals surface area contributed by atoms with Crippen molar-refractivity contribution >= 4 is 28.6 Å². The summed E-state index contributed by atoms with van der Waals surface area (Å²) in [6.07, 6.45) is 2.34. The molecule has 43 heavy (non-hydrogen) atoms. The van der Waals surface area contributed by atoms with Crippen molar-refractivity contribution in [1.29, 1.82) is 0 Å². The Labute approximate surface area is 250 Å². The van der Waals surface area contributed by atoms with Gasteiger partial charge in [-0.25, -0.2) is 14.8 Å². The van der Waals surface area contributed by atoms with Gasteiger partial charge in [0.2, 0.25) is 5.71 Å². The molecule has 0 aliphatic carbocycles. The molecule has 6 aromatic rings. The molecule has 0 unspecified atom stereocenters. The van der Waals surface area contributed by atoms with Gasteiger partial charge in [-0.1, -0.05) is 103 Å². The van der Waals surface area contributed by atoms with Gasteiger partial charge in [0.1, 0.15) is 17.9 Å². The van der Waals surface area contributed by atoms with Gasteiger partial charge in [-0.2, -0.15) is 0 Å². The van der Waals surface area contributed by atoms with Gasteiger partial charge < -0.3 is 14.6 Å². The van der Waals surface area contributed by atoms with E-state index in [1.54, 1.807) is 6.33 Å². The fourth-order valence-corrected chi connectivity index (χ4v) is 5.68. The lowest BCUT2D eigenvalue weighted by Gasteiger charge is -2.19. The molecule has 212 valence electrons. The van der Waals surface area contributed by atoms with Crippen molar-refractivity contribution in [2.24, 2.45) is 0 Å². The number of aromatic nitrogens is 2. The smallest absolute Gasteiger partial charge is 0.324 e. The van der Waals surface area contributed by atoms with Crippen LogP contribution in [0.3, 0.4) is 0 Å². The van der Waals surface area contributed by atoms with Gasteiger partial charge in [-0.3, -0.25) is 4.90 Å². The third kappa shape index (κ3) is 5.45. The molecule has 3 heterocycles. The van der Waals surface area contributed by atoms with Crippen molar-refractivity contribution in [2.45, 2.75) is 13.0 Å². The molecule has 1 aliphatic heterocycles. The molecule has 0 spiro atoms. The zero-order valence-corrected chi connectivity index (χ0v) is 23.7. The normalized spacial score (nSPS) is 13.2. The fraction of sp³-hybridized carbons (Fsp3) is 0.139. The molecule has 2 amide bonds. The zero-order chi connectivity index (χ0) is 29.0. The van der Waals surface area contributed by atoms with E-state index in [4.69, 9.17) is 4.42 Å². The van der Waals surface area contributed by atoms with E-state index in [2.05, 4.69) is 51.7 Å². The van der Waals surface area contributed by atoms with Crippen LogP contribution in [0, 0.1) is 0 Å². The van der Waals surface area contributed by atoms with Crippen molar-refractivity contribution in [2.75, 3.05) is 29.9 Å². The first kappa shape index (κ1) is 26.5. The summed E-state index contributed by atoms with van der Waals surface area (Å²) in [6, 6.07) is 38.8. The molecular formula is C36H31N5O2. The molecular weight excluding hydrogens is 534 g/mol.